The van der Waals surface area contributed by atoms with E-state index in [-0.39, 0.29) is 24.0 Å². The first-order valence-corrected chi connectivity index (χ1v) is 16.0. The van der Waals surface area contributed by atoms with E-state index in [1.54, 1.807) is 118 Å². The van der Waals surface area contributed by atoms with Crippen molar-refractivity contribution >= 4 is 52.5 Å². The first kappa shape index (κ1) is 37.4. The number of para-hydroxylation sites is 3. The van der Waals surface area contributed by atoms with Crippen LogP contribution in [0.15, 0.2) is 103 Å². The van der Waals surface area contributed by atoms with Crippen LogP contribution >= 0.6 is 0 Å². The molecule has 51 heavy (non-hydrogen) atoms. The molecule has 0 heterocycles. The van der Waals surface area contributed by atoms with E-state index in [4.69, 9.17) is 14.2 Å². The molecule has 0 aliphatic heterocycles. The molecule has 0 saturated heterocycles. The van der Waals surface area contributed by atoms with Gasteiger partial charge in [-0.05, 0) is 61.0 Å². The van der Waals surface area contributed by atoms with Crippen LogP contribution in [0.3, 0.4) is 0 Å². The molecule has 0 radical (unpaired) electrons. The molecular weight excluding hydrogens is 654 g/mol. The molecule has 0 aliphatic carbocycles. The molecule has 4 aromatic carbocycles. The Labute approximate surface area is 296 Å². The van der Waals surface area contributed by atoms with Crippen molar-refractivity contribution in [2.75, 3.05) is 68.0 Å². The Morgan fingerprint density at radius 2 is 1.39 bits per heavy atom. The van der Waals surface area contributed by atoms with E-state index in [1.165, 1.54) is 28.9 Å². The van der Waals surface area contributed by atoms with Crippen LogP contribution in [0.1, 0.15) is 18.4 Å². The minimum absolute atomic E-state index is 0.175. The molecule has 266 valence electrons. The van der Waals surface area contributed by atoms with Crippen LogP contribution in [0.5, 0.6) is 11.5 Å². The summed E-state index contributed by atoms with van der Waals surface area (Å²) in [4.78, 5) is 69.4. The van der Waals surface area contributed by atoms with Crippen LogP contribution in [0.4, 0.5) is 27.5 Å². The van der Waals surface area contributed by atoms with Crippen molar-refractivity contribution in [3.8, 4) is 11.5 Å². The van der Waals surface area contributed by atoms with Crippen LogP contribution < -0.4 is 34.8 Å². The number of hydrogen-bond donors (Lipinski definition) is 2. The highest BCUT2D eigenvalue weighted by molar-refractivity contribution is 6.06. The molecule has 4 aromatic rings. The molecule has 5 amide bonds. The summed E-state index contributed by atoms with van der Waals surface area (Å²) in [5.41, 5.74) is 2.46. The summed E-state index contributed by atoms with van der Waals surface area (Å²) >= 11 is 0. The fourth-order valence-electron chi connectivity index (χ4n) is 4.97. The number of anilines is 4. The Morgan fingerprint density at radius 3 is 2.12 bits per heavy atom. The fraction of sp³-hybridized carbons (Fsp3) is 0.237. The summed E-state index contributed by atoms with van der Waals surface area (Å²) in [6, 6.07) is 28.5. The van der Waals surface area contributed by atoms with E-state index in [9.17, 15) is 24.0 Å². The number of methoxy groups -OCH3 is 2. The zero-order valence-corrected chi connectivity index (χ0v) is 29.1. The Morgan fingerprint density at radius 1 is 0.725 bits per heavy atom. The standard InChI is InChI=1S/C38H41N5O8/c1-26(37(47)50-5)27-13-11-14-28(21-27)40-38(48)39-23-34(44)43(24-35(45)41(2)29-15-7-6-8-16-29)32-19-9-10-20-33(32)51-25-36(46)42(3)30-17-12-18-31(22-30)49-4/h6-22,26H,23-25H2,1-5H3,(H2,39,40,48). The van der Waals surface area contributed by atoms with Gasteiger partial charge in [0.05, 0.1) is 32.4 Å². The number of urea groups is 1. The van der Waals surface area contributed by atoms with Gasteiger partial charge in [0.1, 0.15) is 18.0 Å². The Balaban J connectivity index is 1.51. The van der Waals surface area contributed by atoms with Crippen molar-refractivity contribution in [1.82, 2.24) is 5.32 Å². The SMILES string of the molecule is COC(=O)C(C)c1cccc(NC(=O)NCC(=O)N(CC(=O)N(C)c2ccccc2)c2ccccc2OCC(=O)N(C)c2cccc(OC)c2)c1. The fourth-order valence-corrected chi connectivity index (χ4v) is 4.97. The monoisotopic (exact) mass is 695 g/mol. The number of nitrogens with one attached hydrogen (secondary N) is 2. The molecule has 4 rings (SSSR count). The van der Waals surface area contributed by atoms with E-state index in [0.717, 1.165) is 0 Å². The van der Waals surface area contributed by atoms with E-state index in [0.29, 0.717) is 28.4 Å². The molecule has 1 unspecified atom stereocenters. The third-order valence-corrected chi connectivity index (χ3v) is 8.03. The molecule has 0 aromatic heterocycles. The average Bonchev–Trinajstić information content (AvgIpc) is 3.17. The van der Waals surface area contributed by atoms with E-state index in [2.05, 4.69) is 10.6 Å². The predicted molar refractivity (Wildman–Crippen MR) is 194 cm³/mol. The first-order valence-electron chi connectivity index (χ1n) is 16.0. The van der Waals surface area contributed by atoms with Gasteiger partial charge in [-0.25, -0.2) is 4.79 Å². The maximum atomic E-state index is 13.8. The molecule has 0 spiro atoms. The summed E-state index contributed by atoms with van der Waals surface area (Å²) in [6.07, 6.45) is 0. The number of likely N-dealkylation sites (N-methyl/N-ethyl adjacent to an activating group) is 2. The molecular formula is C38H41N5O8. The molecule has 2 N–H and O–H groups in total. The normalized spacial score (nSPS) is 11.0. The van der Waals surface area contributed by atoms with E-state index in [1.807, 2.05) is 6.07 Å². The summed E-state index contributed by atoms with van der Waals surface area (Å²) in [7, 11) is 6.03. The highest BCUT2D eigenvalue weighted by Crippen LogP contribution is 2.29. The molecule has 0 aliphatic rings. The van der Waals surface area contributed by atoms with Crippen molar-refractivity contribution in [1.29, 1.82) is 0 Å². The smallest absolute Gasteiger partial charge is 0.319 e. The summed E-state index contributed by atoms with van der Waals surface area (Å²) in [5, 5.41) is 5.20. The maximum absolute atomic E-state index is 13.8. The van der Waals surface area contributed by atoms with Gasteiger partial charge < -0.3 is 34.6 Å². The summed E-state index contributed by atoms with van der Waals surface area (Å²) in [5.74, 6) is -1.63. The third kappa shape index (κ3) is 10.1. The van der Waals surface area contributed by atoms with Crippen LogP contribution in [0.2, 0.25) is 0 Å². The van der Waals surface area contributed by atoms with Crippen LogP contribution in [0, 0.1) is 0 Å². The lowest BCUT2D eigenvalue weighted by atomic mass is 10.0. The van der Waals surface area contributed by atoms with Gasteiger partial charge >= 0.3 is 12.0 Å². The highest BCUT2D eigenvalue weighted by Gasteiger charge is 2.26. The lowest BCUT2D eigenvalue weighted by Crippen LogP contribution is -2.46. The number of hydrogen-bond acceptors (Lipinski definition) is 8. The minimum Gasteiger partial charge on any atom is -0.497 e. The zero-order chi connectivity index (χ0) is 36.9. The topological polar surface area (TPSA) is 147 Å². The van der Waals surface area contributed by atoms with Crippen LogP contribution in [0.25, 0.3) is 0 Å². The number of carbonyl (C=O) groups excluding carboxylic acids is 5. The second-order valence-corrected chi connectivity index (χ2v) is 11.4. The number of ether oxygens (including phenoxy) is 3. The third-order valence-electron chi connectivity index (χ3n) is 8.03. The molecule has 13 heteroatoms. The van der Waals surface area contributed by atoms with E-state index >= 15 is 0 Å². The quantitative estimate of drug-likeness (QED) is 0.179. The molecule has 13 nitrogen and oxygen atoms in total. The maximum Gasteiger partial charge on any atom is 0.319 e. The average molecular weight is 696 g/mol. The first-order chi connectivity index (χ1) is 24.5. The predicted octanol–water partition coefficient (Wildman–Crippen LogP) is 4.83. The molecule has 0 bridgehead atoms. The molecule has 0 fully saturated rings. The van der Waals surface area contributed by atoms with Gasteiger partial charge in [-0.15, -0.1) is 0 Å². The van der Waals surface area contributed by atoms with Crippen molar-refractivity contribution in [3.63, 3.8) is 0 Å². The van der Waals surface area contributed by atoms with Gasteiger partial charge in [-0.3, -0.25) is 24.1 Å². The number of rotatable bonds is 14. The minimum atomic E-state index is -0.686. The highest BCUT2D eigenvalue weighted by atomic mass is 16.5. The lowest BCUT2D eigenvalue weighted by molar-refractivity contribution is -0.142. The van der Waals surface area contributed by atoms with Crippen molar-refractivity contribution < 1.29 is 38.2 Å². The van der Waals surface area contributed by atoms with Crippen molar-refractivity contribution in [2.45, 2.75) is 12.8 Å². The molecule has 1 atom stereocenters. The van der Waals surface area contributed by atoms with Gasteiger partial charge in [0.2, 0.25) is 11.8 Å². The van der Waals surface area contributed by atoms with Gasteiger partial charge in [0.25, 0.3) is 5.91 Å². The largest absolute Gasteiger partial charge is 0.497 e. The number of benzene rings is 4. The number of nitrogens with zero attached hydrogens (tertiary/aromatic N) is 3. The lowest BCUT2D eigenvalue weighted by Gasteiger charge is -2.27. The van der Waals surface area contributed by atoms with E-state index < -0.39 is 42.8 Å². The van der Waals surface area contributed by atoms with Gasteiger partial charge in [-0.2, -0.15) is 0 Å². The van der Waals surface area contributed by atoms with Gasteiger partial charge in [0.15, 0.2) is 6.61 Å². The Kier molecular flexibility index (Phi) is 13.1. The number of amides is 5. The number of esters is 1. The Bertz CT molecular complexity index is 1850. The van der Waals surface area contributed by atoms with Crippen LogP contribution in [-0.2, 0) is 23.9 Å². The van der Waals surface area contributed by atoms with Crippen molar-refractivity contribution in [2.24, 2.45) is 0 Å². The zero-order valence-electron chi connectivity index (χ0n) is 29.1. The Hall–Kier alpha value is -6.37. The van der Waals surface area contributed by atoms with Gasteiger partial charge in [0, 0.05) is 37.2 Å². The van der Waals surface area contributed by atoms with Gasteiger partial charge in [-0.1, -0.05) is 48.5 Å². The second kappa shape index (κ2) is 17.9. The van der Waals surface area contributed by atoms with Crippen molar-refractivity contribution in [3.05, 3.63) is 109 Å². The summed E-state index contributed by atoms with van der Waals surface area (Å²) < 4.78 is 16.0. The second-order valence-electron chi connectivity index (χ2n) is 11.4. The van der Waals surface area contributed by atoms with Crippen LogP contribution in [-0.4, -0.2) is 77.7 Å². The summed E-state index contributed by atoms with van der Waals surface area (Å²) in [6.45, 7) is 0.418. The molecule has 0 saturated carbocycles. The number of carbonyl (C=O) groups is 5.